The Morgan fingerprint density at radius 2 is 1.74 bits per heavy atom. The molecule has 10 heteroatoms. The van der Waals surface area contributed by atoms with Crippen LogP contribution in [0.2, 0.25) is 0 Å². The molecule has 54 heavy (non-hydrogen) atoms. The Labute approximate surface area is 325 Å². The van der Waals surface area contributed by atoms with Crippen molar-refractivity contribution in [2.45, 2.75) is 111 Å². The fourth-order valence-electron chi connectivity index (χ4n) is 10.3. The molecule has 3 saturated carbocycles. The van der Waals surface area contributed by atoms with Crippen LogP contribution in [0.4, 0.5) is 5.69 Å². The molecule has 2 bridgehead atoms. The Hall–Kier alpha value is -2.57. The number of aliphatic hydroxyl groups is 2. The van der Waals surface area contributed by atoms with Crippen LogP contribution in [0.1, 0.15) is 77.5 Å². The number of carbonyl (C=O) groups excluding carboxylic acids is 1. The Bertz CT molecular complexity index is 1520. The van der Waals surface area contributed by atoms with Crippen molar-refractivity contribution in [2.75, 3.05) is 58.5 Å². The van der Waals surface area contributed by atoms with Crippen molar-refractivity contribution in [2.24, 2.45) is 35.0 Å². The van der Waals surface area contributed by atoms with E-state index >= 15 is 0 Å². The molecule has 5 fully saturated rings. The Kier molecular flexibility index (Phi) is 13.5. The molecular formula is C44H69N5O5. The Morgan fingerprint density at radius 1 is 1.02 bits per heavy atom. The molecule has 2 unspecified atom stereocenters. The molecule has 9 atom stereocenters. The third kappa shape index (κ3) is 9.17. The van der Waals surface area contributed by atoms with Gasteiger partial charge in [0.2, 0.25) is 5.91 Å². The highest BCUT2D eigenvalue weighted by Gasteiger charge is 2.57. The Balaban J connectivity index is 1.23. The number of fused-ring (bicyclic) bond motifs is 2. The van der Waals surface area contributed by atoms with Gasteiger partial charge in [0.15, 0.2) is 0 Å². The number of aliphatic hydroxyl groups excluding tert-OH is 2. The van der Waals surface area contributed by atoms with Gasteiger partial charge in [-0.25, -0.2) is 0 Å². The van der Waals surface area contributed by atoms with Gasteiger partial charge < -0.3 is 30.1 Å². The lowest BCUT2D eigenvalue weighted by atomic mass is 9.45. The van der Waals surface area contributed by atoms with E-state index in [1.807, 2.05) is 0 Å². The Morgan fingerprint density at radius 3 is 2.39 bits per heavy atom. The number of hydroxylamine groups is 2. The van der Waals surface area contributed by atoms with Crippen LogP contribution < -0.4 is 10.2 Å². The monoisotopic (exact) mass is 748 g/mol. The lowest BCUT2D eigenvalue weighted by Gasteiger charge is -2.62. The van der Waals surface area contributed by atoms with E-state index in [0.717, 1.165) is 64.3 Å². The molecule has 7 rings (SSSR count). The molecule has 5 aliphatic rings. The fourth-order valence-corrected chi connectivity index (χ4v) is 10.3. The molecule has 1 amide bonds. The van der Waals surface area contributed by atoms with E-state index in [-0.39, 0.29) is 18.6 Å². The number of nitrogens with one attached hydrogen (secondary N) is 1. The SMILES string of the molecule is CC(C)C[C@H](CN(C)C)N(Cc1cccc(CN2O[C@@H](CO)[C@@H]([C@H](C)O)[C@H]2C(=O)N[C@H]2CC3CC([C@H]2C)C3(C)C)c1)Cc1ccccc1N1CCOCC1. The van der Waals surface area contributed by atoms with Gasteiger partial charge in [-0.3, -0.25) is 14.5 Å². The molecule has 2 heterocycles. The second kappa shape index (κ2) is 17.7. The number of anilines is 1. The number of carbonyl (C=O) groups is 1. The normalized spacial score (nSPS) is 29.4. The molecule has 3 aliphatic carbocycles. The van der Waals surface area contributed by atoms with Crippen LogP contribution in [-0.2, 0) is 34.0 Å². The third-order valence-electron chi connectivity index (χ3n) is 13.3. The van der Waals surface area contributed by atoms with Gasteiger partial charge in [-0.1, -0.05) is 77.1 Å². The summed E-state index contributed by atoms with van der Waals surface area (Å²) in [4.78, 5) is 28.0. The summed E-state index contributed by atoms with van der Waals surface area (Å²) in [6.45, 7) is 19.3. The average Bonchev–Trinajstić information content (AvgIpc) is 3.50. The number of morpholine rings is 1. The standard InChI is InChI=1S/C44H69N5O5/c1-29(2)20-36(27-46(7)8)48(26-34-14-9-10-15-39(34)47-16-18-53-19-17-47)24-32-12-11-13-33(21-32)25-49-42(41(31(4)51)40(28-50)54-49)43(52)45-38-23-35-22-37(30(38)3)44(35,5)6/h9-15,21,29-31,35-38,40-42,50-51H,16-20,22-28H2,1-8H3,(H,45,52)/t30-,31+,35?,36-,37?,38+,40+,41-,42+/m1/s1. The van der Waals surface area contributed by atoms with Crippen LogP contribution >= 0.6 is 0 Å². The van der Waals surface area contributed by atoms with Crippen molar-refractivity contribution in [3.05, 3.63) is 65.2 Å². The van der Waals surface area contributed by atoms with Gasteiger partial charge in [0.05, 0.1) is 32.5 Å². The van der Waals surface area contributed by atoms with E-state index in [0.29, 0.717) is 41.7 Å². The van der Waals surface area contributed by atoms with E-state index in [4.69, 9.17) is 9.57 Å². The summed E-state index contributed by atoms with van der Waals surface area (Å²) in [7, 11) is 4.32. The first-order valence-electron chi connectivity index (χ1n) is 20.7. The van der Waals surface area contributed by atoms with Gasteiger partial charge in [-0.15, -0.1) is 0 Å². The average molecular weight is 748 g/mol. The lowest BCUT2D eigenvalue weighted by Crippen LogP contribution is -2.62. The number of benzene rings is 2. The summed E-state index contributed by atoms with van der Waals surface area (Å²) in [5, 5.41) is 26.5. The van der Waals surface area contributed by atoms with Crippen LogP contribution in [-0.4, -0.2) is 115 Å². The van der Waals surface area contributed by atoms with Crippen molar-refractivity contribution in [1.82, 2.24) is 20.2 Å². The zero-order valence-electron chi connectivity index (χ0n) is 34.3. The van der Waals surface area contributed by atoms with Crippen LogP contribution in [0.25, 0.3) is 0 Å². The highest BCUT2D eigenvalue weighted by Crippen LogP contribution is 2.61. The minimum absolute atomic E-state index is 0.0996. The first-order valence-corrected chi connectivity index (χ1v) is 20.7. The smallest absolute Gasteiger partial charge is 0.240 e. The number of likely N-dealkylation sites (N-methyl/N-ethyl adjacent to an activating group) is 1. The topological polar surface area (TPSA) is 101 Å². The maximum atomic E-state index is 14.3. The number of rotatable bonds is 16. The van der Waals surface area contributed by atoms with E-state index in [1.54, 1.807) is 12.0 Å². The summed E-state index contributed by atoms with van der Waals surface area (Å²) in [6.07, 6.45) is 1.81. The number of hydrogen-bond acceptors (Lipinski definition) is 9. The maximum absolute atomic E-state index is 14.3. The van der Waals surface area contributed by atoms with Crippen molar-refractivity contribution < 1.29 is 24.6 Å². The third-order valence-corrected chi connectivity index (χ3v) is 13.3. The summed E-state index contributed by atoms with van der Waals surface area (Å²) < 4.78 is 5.69. The number of amides is 1. The number of nitrogens with zero attached hydrogens (tertiary/aromatic N) is 4. The van der Waals surface area contributed by atoms with Crippen LogP contribution in [0.15, 0.2) is 48.5 Å². The maximum Gasteiger partial charge on any atom is 0.240 e. The van der Waals surface area contributed by atoms with Crippen molar-refractivity contribution in [3.63, 3.8) is 0 Å². The van der Waals surface area contributed by atoms with Crippen molar-refractivity contribution >= 4 is 11.6 Å². The molecule has 10 nitrogen and oxygen atoms in total. The number of para-hydroxylation sites is 1. The predicted octanol–water partition coefficient (Wildman–Crippen LogP) is 5.16. The minimum atomic E-state index is -0.825. The molecule has 0 spiro atoms. The van der Waals surface area contributed by atoms with Crippen LogP contribution in [0, 0.1) is 35.0 Å². The van der Waals surface area contributed by atoms with Gasteiger partial charge in [0, 0.05) is 56.4 Å². The first kappa shape index (κ1) is 41.1. The molecule has 2 saturated heterocycles. The minimum Gasteiger partial charge on any atom is -0.394 e. The van der Waals surface area contributed by atoms with Gasteiger partial charge >= 0.3 is 0 Å². The second-order valence-electron chi connectivity index (χ2n) is 18.2. The van der Waals surface area contributed by atoms with Gasteiger partial charge in [0.1, 0.15) is 12.1 Å². The summed E-state index contributed by atoms with van der Waals surface area (Å²) in [5.74, 6) is 1.48. The largest absolute Gasteiger partial charge is 0.394 e. The van der Waals surface area contributed by atoms with Gasteiger partial charge in [0.25, 0.3) is 0 Å². The van der Waals surface area contributed by atoms with Crippen LogP contribution in [0.3, 0.4) is 0 Å². The number of ether oxygens (including phenoxy) is 1. The molecule has 300 valence electrons. The highest BCUT2D eigenvalue weighted by atomic mass is 16.7. The lowest BCUT2D eigenvalue weighted by molar-refractivity contribution is -0.183. The first-order chi connectivity index (χ1) is 25.8. The van der Waals surface area contributed by atoms with Crippen molar-refractivity contribution in [1.29, 1.82) is 0 Å². The van der Waals surface area contributed by atoms with Gasteiger partial charge in [-0.05, 0) is 92.1 Å². The molecule has 2 aliphatic heterocycles. The fraction of sp³-hybridized carbons (Fsp3) is 0.705. The van der Waals surface area contributed by atoms with Crippen LogP contribution in [0.5, 0.6) is 0 Å². The summed E-state index contributed by atoms with van der Waals surface area (Å²) in [5.41, 5.74) is 5.17. The van der Waals surface area contributed by atoms with E-state index < -0.39 is 24.2 Å². The van der Waals surface area contributed by atoms with E-state index in [9.17, 15) is 15.0 Å². The number of hydrogen-bond donors (Lipinski definition) is 3. The van der Waals surface area contributed by atoms with Crippen molar-refractivity contribution in [3.8, 4) is 0 Å². The van der Waals surface area contributed by atoms with E-state index in [2.05, 4.69) is 117 Å². The molecule has 2 aromatic rings. The molecule has 0 aromatic heterocycles. The molecule has 0 radical (unpaired) electrons. The second-order valence-corrected chi connectivity index (χ2v) is 18.2. The quantitative estimate of drug-likeness (QED) is 0.215. The molecule has 3 N–H and O–H groups in total. The summed E-state index contributed by atoms with van der Waals surface area (Å²) >= 11 is 0. The zero-order valence-corrected chi connectivity index (χ0v) is 34.3. The van der Waals surface area contributed by atoms with E-state index in [1.165, 1.54) is 23.2 Å². The van der Waals surface area contributed by atoms with Gasteiger partial charge in [-0.2, -0.15) is 5.06 Å². The molecular weight excluding hydrogens is 679 g/mol. The molecule has 2 aromatic carbocycles. The zero-order chi connectivity index (χ0) is 38.7. The predicted molar refractivity (Wildman–Crippen MR) is 215 cm³/mol. The summed E-state index contributed by atoms with van der Waals surface area (Å²) in [6, 6.07) is 17.2. The highest BCUT2D eigenvalue weighted by molar-refractivity contribution is 5.82.